The molecular weight excluding hydrogens is 313 g/mol. The van der Waals surface area contributed by atoms with Crippen LogP contribution in [0, 0.1) is 5.82 Å². The van der Waals surface area contributed by atoms with Gasteiger partial charge in [0, 0.05) is 17.5 Å². The first-order valence-corrected chi connectivity index (χ1v) is 7.80. The van der Waals surface area contributed by atoms with E-state index in [2.05, 4.69) is 29.1 Å². The lowest BCUT2D eigenvalue weighted by Gasteiger charge is -2.08. The molecule has 2 N–H and O–H groups in total. The predicted molar refractivity (Wildman–Crippen MR) is 86.0 cm³/mol. The Bertz CT molecular complexity index is 690. The predicted octanol–water partition coefficient (Wildman–Crippen LogP) is 3.95. The van der Waals surface area contributed by atoms with Crippen LogP contribution < -0.4 is 10.9 Å². The van der Waals surface area contributed by atoms with Gasteiger partial charge in [-0.25, -0.2) is 9.37 Å². The summed E-state index contributed by atoms with van der Waals surface area (Å²) in [5.41, 5.74) is 1.01. The van der Waals surface area contributed by atoms with E-state index in [4.69, 9.17) is 11.6 Å². The Morgan fingerprint density at radius 1 is 1.43 bits per heavy atom. The maximum Gasteiger partial charge on any atom is 0.252 e. The molecule has 4 nitrogen and oxygen atoms in total. The molecule has 0 spiro atoms. The van der Waals surface area contributed by atoms with Gasteiger partial charge in [-0.3, -0.25) is 9.78 Å². The summed E-state index contributed by atoms with van der Waals surface area (Å²) in [5, 5.41) is 3.38. The Labute approximate surface area is 131 Å². The van der Waals surface area contributed by atoms with Crippen LogP contribution in [-0.4, -0.2) is 15.2 Å². The number of H-pyrrole nitrogens is 1. The Hall–Kier alpha value is -1.53. The highest BCUT2D eigenvalue weighted by molar-refractivity contribution is 7.99. The van der Waals surface area contributed by atoms with Crippen molar-refractivity contribution in [3.8, 4) is 0 Å². The van der Waals surface area contributed by atoms with Crippen molar-refractivity contribution < 1.29 is 4.39 Å². The van der Waals surface area contributed by atoms with Crippen LogP contribution >= 0.6 is 23.4 Å². The van der Waals surface area contributed by atoms with E-state index in [9.17, 15) is 9.18 Å². The lowest BCUT2D eigenvalue weighted by atomic mass is 10.3. The number of aromatic nitrogens is 2. The van der Waals surface area contributed by atoms with E-state index in [1.54, 1.807) is 11.8 Å². The molecule has 0 fully saturated rings. The molecule has 1 aromatic heterocycles. The van der Waals surface area contributed by atoms with Gasteiger partial charge in [-0.2, -0.15) is 11.8 Å². The number of hydrogen-bond acceptors (Lipinski definition) is 4. The average molecular weight is 328 g/mol. The van der Waals surface area contributed by atoms with Crippen molar-refractivity contribution in [1.82, 2.24) is 9.97 Å². The van der Waals surface area contributed by atoms with Gasteiger partial charge in [0.1, 0.15) is 5.82 Å². The van der Waals surface area contributed by atoms with Crippen molar-refractivity contribution in [2.24, 2.45) is 0 Å². The van der Waals surface area contributed by atoms with Gasteiger partial charge in [0.05, 0.1) is 10.7 Å². The van der Waals surface area contributed by atoms with Crippen molar-refractivity contribution in [2.45, 2.75) is 24.9 Å². The second-order valence-electron chi connectivity index (χ2n) is 4.70. The van der Waals surface area contributed by atoms with E-state index in [1.165, 1.54) is 24.3 Å². The van der Waals surface area contributed by atoms with Crippen LogP contribution in [0.4, 0.5) is 16.0 Å². The molecule has 0 aliphatic heterocycles. The smallest absolute Gasteiger partial charge is 0.252 e. The quantitative estimate of drug-likeness (QED) is 0.873. The Balaban J connectivity index is 2.19. The molecule has 21 heavy (non-hydrogen) atoms. The topological polar surface area (TPSA) is 57.8 Å². The number of nitrogens with one attached hydrogen (secondary N) is 2. The van der Waals surface area contributed by atoms with E-state index >= 15 is 0 Å². The van der Waals surface area contributed by atoms with Crippen molar-refractivity contribution >= 4 is 35.0 Å². The first-order chi connectivity index (χ1) is 9.94. The first-order valence-electron chi connectivity index (χ1n) is 6.38. The second-order valence-corrected chi connectivity index (χ2v) is 6.67. The van der Waals surface area contributed by atoms with Gasteiger partial charge >= 0.3 is 0 Å². The van der Waals surface area contributed by atoms with Crippen LogP contribution in [0.15, 0.2) is 29.1 Å². The molecule has 0 saturated heterocycles. The third-order valence-corrected chi connectivity index (χ3v) is 3.96. The Morgan fingerprint density at radius 2 is 2.19 bits per heavy atom. The first kappa shape index (κ1) is 15.9. The maximum atomic E-state index is 13.1. The fraction of sp³-hybridized carbons (Fsp3) is 0.286. The molecule has 2 aromatic rings. The van der Waals surface area contributed by atoms with Gasteiger partial charge in [0.2, 0.25) is 5.95 Å². The van der Waals surface area contributed by atoms with Crippen LogP contribution in [-0.2, 0) is 5.75 Å². The summed E-state index contributed by atoms with van der Waals surface area (Å²) in [5.74, 6) is 0.468. The Morgan fingerprint density at radius 3 is 2.86 bits per heavy atom. The van der Waals surface area contributed by atoms with E-state index in [1.807, 2.05) is 0 Å². The summed E-state index contributed by atoms with van der Waals surface area (Å²) in [6, 6.07) is 5.68. The van der Waals surface area contributed by atoms with Gasteiger partial charge in [0.25, 0.3) is 5.56 Å². The maximum absolute atomic E-state index is 13.1. The fourth-order valence-corrected chi connectivity index (χ4v) is 2.44. The van der Waals surface area contributed by atoms with E-state index in [0.29, 0.717) is 28.3 Å². The highest BCUT2D eigenvalue weighted by atomic mass is 35.5. The zero-order chi connectivity index (χ0) is 15.4. The van der Waals surface area contributed by atoms with Crippen molar-refractivity contribution in [1.29, 1.82) is 0 Å². The lowest BCUT2D eigenvalue weighted by Crippen LogP contribution is -2.12. The molecule has 0 saturated carbocycles. The minimum atomic E-state index is -0.495. The number of aromatic amines is 1. The van der Waals surface area contributed by atoms with Gasteiger partial charge < -0.3 is 5.32 Å². The summed E-state index contributed by atoms with van der Waals surface area (Å²) in [7, 11) is 0. The number of hydrogen-bond donors (Lipinski definition) is 2. The summed E-state index contributed by atoms with van der Waals surface area (Å²) in [6.45, 7) is 4.16. The van der Waals surface area contributed by atoms with Crippen LogP contribution in [0.2, 0.25) is 5.02 Å². The molecule has 0 atom stereocenters. The molecular formula is C14H15ClFN3OS. The number of nitrogens with zero attached hydrogens (tertiary/aromatic N) is 1. The molecule has 0 aliphatic rings. The summed E-state index contributed by atoms with van der Waals surface area (Å²) >= 11 is 7.42. The van der Waals surface area contributed by atoms with E-state index in [-0.39, 0.29) is 10.6 Å². The molecule has 7 heteroatoms. The zero-order valence-electron chi connectivity index (χ0n) is 11.6. The normalized spacial score (nSPS) is 10.9. The van der Waals surface area contributed by atoms with Crippen LogP contribution in [0.5, 0.6) is 0 Å². The number of rotatable bonds is 5. The highest BCUT2D eigenvalue weighted by Gasteiger charge is 2.05. The minimum absolute atomic E-state index is 0.00821. The molecule has 0 amide bonds. The van der Waals surface area contributed by atoms with Gasteiger partial charge in [-0.1, -0.05) is 25.4 Å². The van der Waals surface area contributed by atoms with E-state index < -0.39 is 5.82 Å². The summed E-state index contributed by atoms with van der Waals surface area (Å²) in [4.78, 5) is 18.6. The molecule has 0 radical (unpaired) electrons. The summed E-state index contributed by atoms with van der Waals surface area (Å²) < 4.78 is 13.1. The monoisotopic (exact) mass is 327 g/mol. The number of anilines is 2. The van der Waals surface area contributed by atoms with Crippen LogP contribution in [0.25, 0.3) is 0 Å². The van der Waals surface area contributed by atoms with Gasteiger partial charge in [-0.15, -0.1) is 0 Å². The molecule has 0 bridgehead atoms. The van der Waals surface area contributed by atoms with Crippen molar-refractivity contribution in [2.75, 3.05) is 5.32 Å². The van der Waals surface area contributed by atoms with Gasteiger partial charge in [0.15, 0.2) is 0 Å². The number of benzene rings is 1. The van der Waals surface area contributed by atoms with Crippen molar-refractivity contribution in [3.63, 3.8) is 0 Å². The summed E-state index contributed by atoms with van der Waals surface area (Å²) in [6.07, 6.45) is 0. The molecule has 112 valence electrons. The third kappa shape index (κ3) is 4.75. The SMILES string of the molecule is CC(C)SCc1cc(=O)[nH]c(Nc2ccc(F)c(Cl)c2)n1. The molecule has 0 aliphatic carbocycles. The van der Waals surface area contributed by atoms with Crippen LogP contribution in [0.3, 0.4) is 0 Å². The molecule has 1 aromatic carbocycles. The fourth-order valence-electron chi connectivity index (χ4n) is 1.60. The molecule has 1 heterocycles. The number of thioether (sulfide) groups is 1. The largest absolute Gasteiger partial charge is 0.326 e. The second kappa shape index (κ2) is 6.95. The minimum Gasteiger partial charge on any atom is -0.326 e. The zero-order valence-corrected chi connectivity index (χ0v) is 13.2. The van der Waals surface area contributed by atoms with Crippen LogP contribution in [0.1, 0.15) is 19.5 Å². The average Bonchev–Trinajstić information content (AvgIpc) is 2.40. The molecule has 2 rings (SSSR count). The molecule has 0 unspecified atom stereocenters. The number of halogens is 2. The van der Waals surface area contributed by atoms with Crippen molar-refractivity contribution in [3.05, 3.63) is 51.2 Å². The highest BCUT2D eigenvalue weighted by Crippen LogP contribution is 2.21. The Kier molecular flexibility index (Phi) is 5.25. The standard InChI is InChI=1S/C14H15ClFN3OS/c1-8(2)21-7-10-6-13(20)19-14(18-10)17-9-3-4-12(16)11(15)5-9/h3-6,8H,7H2,1-2H3,(H2,17,18,19,20). The lowest BCUT2D eigenvalue weighted by molar-refractivity contribution is 0.628. The third-order valence-electron chi connectivity index (χ3n) is 2.54. The van der Waals surface area contributed by atoms with Gasteiger partial charge in [-0.05, 0) is 23.4 Å². The van der Waals surface area contributed by atoms with E-state index in [0.717, 1.165) is 0 Å².